The van der Waals surface area contributed by atoms with Crippen LogP contribution in [0.5, 0.6) is 0 Å². The first-order valence-electron chi connectivity index (χ1n) is 9.88. The van der Waals surface area contributed by atoms with Crippen LogP contribution < -0.4 is 5.32 Å². The molecule has 0 spiro atoms. The van der Waals surface area contributed by atoms with Gasteiger partial charge in [0.2, 0.25) is 0 Å². The normalized spacial score (nSPS) is 22.8. The van der Waals surface area contributed by atoms with Crippen molar-refractivity contribution in [2.45, 2.75) is 25.7 Å². The third-order valence-electron chi connectivity index (χ3n) is 4.87. The number of hydrogen-bond donors (Lipinski definition) is 1. The third-order valence-corrected chi connectivity index (χ3v) is 4.87. The van der Waals surface area contributed by atoms with E-state index in [4.69, 9.17) is 6.42 Å². The largest absolute Gasteiger partial charge is 0.391 e. The van der Waals surface area contributed by atoms with Crippen molar-refractivity contribution in [1.82, 2.24) is 10.3 Å². The van der Waals surface area contributed by atoms with Crippen molar-refractivity contribution in [2.24, 2.45) is 10.9 Å². The number of hydrogen-bond acceptors (Lipinski definition) is 3. The SMILES string of the molecule is C#CC1=C/C(Cc2ccccn2)=C/NCCC(Cc2ccccc2)CC/N=C\1. The highest BCUT2D eigenvalue weighted by molar-refractivity contribution is 5.85. The van der Waals surface area contributed by atoms with E-state index in [1.807, 2.05) is 36.7 Å². The molecular weight excluding hydrogens is 342 g/mol. The number of terminal acetylenes is 1. The first-order valence-corrected chi connectivity index (χ1v) is 9.88. The maximum atomic E-state index is 5.70. The van der Waals surface area contributed by atoms with E-state index >= 15 is 0 Å². The molecule has 3 rings (SSSR count). The van der Waals surface area contributed by atoms with Crippen LogP contribution in [-0.4, -0.2) is 24.3 Å². The van der Waals surface area contributed by atoms with Gasteiger partial charge in [0.05, 0.1) is 0 Å². The lowest BCUT2D eigenvalue weighted by Gasteiger charge is -2.17. The zero-order valence-electron chi connectivity index (χ0n) is 16.2. The molecule has 28 heavy (non-hydrogen) atoms. The Morgan fingerprint density at radius 1 is 1.07 bits per heavy atom. The van der Waals surface area contributed by atoms with Gasteiger partial charge in [0.25, 0.3) is 0 Å². The zero-order chi connectivity index (χ0) is 19.4. The molecule has 1 aromatic heterocycles. The number of aromatic nitrogens is 1. The average Bonchev–Trinajstić information content (AvgIpc) is 2.73. The molecule has 2 aromatic rings. The maximum absolute atomic E-state index is 5.70. The van der Waals surface area contributed by atoms with Gasteiger partial charge in [-0.25, -0.2) is 0 Å². The Morgan fingerprint density at radius 3 is 2.71 bits per heavy atom. The molecule has 0 fully saturated rings. The van der Waals surface area contributed by atoms with Gasteiger partial charge in [0, 0.05) is 49.4 Å². The van der Waals surface area contributed by atoms with Gasteiger partial charge < -0.3 is 5.32 Å². The van der Waals surface area contributed by atoms with E-state index in [9.17, 15) is 0 Å². The smallest absolute Gasteiger partial charge is 0.0447 e. The van der Waals surface area contributed by atoms with Crippen molar-refractivity contribution in [2.75, 3.05) is 13.1 Å². The number of allylic oxidation sites excluding steroid dienone is 3. The standard InChI is InChI=1S/C25H27N3/c1-2-21-16-24(18-25-10-6-7-13-28-25)20-27-15-12-23(11-14-26-19-21)17-22-8-4-3-5-9-22/h1,3-10,13,16,19-20,23,27H,11-12,14-15,17-18H2/b21-16-,24-20-,26-19-. The Bertz CT molecular complexity index is 858. The third kappa shape index (κ3) is 6.55. The van der Waals surface area contributed by atoms with Crippen molar-refractivity contribution in [1.29, 1.82) is 0 Å². The number of aliphatic imine (C=N–C) groups is 1. The predicted octanol–water partition coefficient (Wildman–Crippen LogP) is 4.38. The van der Waals surface area contributed by atoms with Gasteiger partial charge in [-0.05, 0) is 54.5 Å². The van der Waals surface area contributed by atoms with Crippen LogP contribution in [0.25, 0.3) is 0 Å². The molecule has 3 nitrogen and oxygen atoms in total. The number of nitrogens with zero attached hydrogens (tertiary/aromatic N) is 2. The fourth-order valence-corrected chi connectivity index (χ4v) is 3.38. The van der Waals surface area contributed by atoms with Crippen LogP contribution in [0.4, 0.5) is 0 Å². The highest BCUT2D eigenvalue weighted by Gasteiger charge is 2.10. The molecule has 1 atom stereocenters. The topological polar surface area (TPSA) is 37.3 Å². The van der Waals surface area contributed by atoms with Crippen molar-refractivity contribution in [3.8, 4) is 12.3 Å². The summed E-state index contributed by atoms with van der Waals surface area (Å²) in [6.07, 6.45) is 17.4. The van der Waals surface area contributed by atoms with Crippen molar-refractivity contribution in [3.63, 3.8) is 0 Å². The summed E-state index contributed by atoms with van der Waals surface area (Å²) in [6.45, 7) is 1.74. The molecule has 0 radical (unpaired) electrons. The lowest BCUT2D eigenvalue weighted by molar-refractivity contribution is 0.450. The van der Waals surface area contributed by atoms with Crippen LogP contribution in [0.15, 0.2) is 83.1 Å². The molecular formula is C25H27N3. The van der Waals surface area contributed by atoms with Crippen LogP contribution in [0.2, 0.25) is 0 Å². The van der Waals surface area contributed by atoms with E-state index in [0.29, 0.717) is 5.92 Å². The van der Waals surface area contributed by atoms with Gasteiger partial charge in [-0.1, -0.05) is 42.3 Å². The van der Waals surface area contributed by atoms with Crippen LogP contribution in [0, 0.1) is 18.3 Å². The van der Waals surface area contributed by atoms with Crippen molar-refractivity contribution < 1.29 is 0 Å². The number of pyridine rings is 1. The molecule has 3 heteroatoms. The minimum Gasteiger partial charge on any atom is -0.391 e. The van der Waals surface area contributed by atoms with Crippen LogP contribution >= 0.6 is 0 Å². The molecule has 2 heterocycles. The molecule has 1 aromatic carbocycles. The first-order chi connectivity index (χ1) is 13.8. The quantitative estimate of drug-likeness (QED) is 0.812. The monoisotopic (exact) mass is 369 g/mol. The lowest BCUT2D eigenvalue weighted by Crippen LogP contribution is -2.16. The molecule has 0 bridgehead atoms. The summed E-state index contributed by atoms with van der Waals surface area (Å²) in [4.78, 5) is 9.02. The second-order valence-corrected chi connectivity index (χ2v) is 7.08. The summed E-state index contributed by atoms with van der Waals surface area (Å²) in [5.74, 6) is 3.34. The number of rotatable bonds is 4. The van der Waals surface area contributed by atoms with E-state index in [-0.39, 0.29) is 0 Å². The van der Waals surface area contributed by atoms with Crippen LogP contribution in [0.3, 0.4) is 0 Å². The number of benzene rings is 1. The average molecular weight is 370 g/mol. The molecule has 1 unspecified atom stereocenters. The van der Waals surface area contributed by atoms with Gasteiger partial charge in [0.1, 0.15) is 0 Å². The summed E-state index contributed by atoms with van der Waals surface area (Å²) in [5, 5.41) is 3.49. The Hall–Kier alpha value is -3.12. The van der Waals surface area contributed by atoms with Gasteiger partial charge in [-0.3, -0.25) is 9.98 Å². The molecule has 0 saturated heterocycles. The fraction of sp³-hybridized carbons (Fsp3) is 0.280. The molecule has 1 N–H and O–H groups in total. The minimum atomic E-state index is 0.595. The first kappa shape index (κ1) is 19.6. The van der Waals surface area contributed by atoms with Crippen molar-refractivity contribution >= 4 is 6.21 Å². The maximum Gasteiger partial charge on any atom is 0.0447 e. The molecule has 1 aliphatic rings. The number of nitrogens with one attached hydrogen (secondary N) is 1. The van der Waals surface area contributed by atoms with Gasteiger partial charge in [0.15, 0.2) is 0 Å². The van der Waals surface area contributed by atoms with Gasteiger partial charge in [-0.2, -0.15) is 0 Å². The summed E-state index contributed by atoms with van der Waals surface area (Å²) in [7, 11) is 0. The van der Waals surface area contributed by atoms with Crippen molar-refractivity contribution in [3.05, 3.63) is 89.4 Å². The summed E-state index contributed by atoms with van der Waals surface area (Å²) >= 11 is 0. The fourth-order valence-electron chi connectivity index (χ4n) is 3.38. The van der Waals surface area contributed by atoms with Gasteiger partial charge in [-0.15, -0.1) is 6.42 Å². The molecule has 142 valence electrons. The highest BCUT2D eigenvalue weighted by Crippen LogP contribution is 2.17. The van der Waals surface area contributed by atoms with E-state index in [2.05, 4.69) is 57.7 Å². The van der Waals surface area contributed by atoms with Gasteiger partial charge >= 0.3 is 0 Å². The Balaban J connectivity index is 1.72. The summed E-state index contributed by atoms with van der Waals surface area (Å²) < 4.78 is 0. The van der Waals surface area contributed by atoms with E-state index < -0.39 is 0 Å². The highest BCUT2D eigenvalue weighted by atomic mass is 14.8. The molecule has 0 aliphatic carbocycles. The predicted molar refractivity (Wildman–Crippen MR) is 117 cm³/mol. The minimum absolute atomic E-state index is 0.595. The van der Waals surface area contributed by atoms with E-state index in [1.54, 1.807) is 0 Å². The second kappa shape index (κ2) is 10.9. The summed E-state index contributed by atoms with van der Waals surface area (Å²) in [5.41, 5.74) is 4.32. The Morgan fingerprint density at radius 2 is 1.93 bits per heavy atom. The molecule has 1 aliphatic heterocycles. The Kier molecular flexibility index (Phi) is 7.64. The lowest BCUT2D eigenvalue weighted by atomic mass is 9.93. The molecule has 0 amide bonds. The Labute approximate surface area is 168 Å². The van der Waals surface area contributed by atoms with Crippen LogP contribution in [0.1, 0.15) is 24.1 Å². The summed E-state index contributed by atoms with van der Waals surface area (Å²) in [6, 6.07) is 16.7. The molecule has 0 saturated carbocycles. The van der Waals surface area contributed by atoms with E-state index in [1.165, 1.54) is 5.56 Å². The van der Waals surface area contributed by atoms with Crippen LogP contribution in [-0.2, 0) is 12.8 Å². The second-order valence-electron chi connectivity index (χ2n) is 7.08. The van der Waals surface area contributed by atoms with E-state index in [0.717, 1.165) is 55.6 Å². The zero-order valence-corrected chi connectivity index (χ0v) is 16.2.